The Morgan fingerprint density at radius 1 is 1.59 bits per heavy atom. The normalized spacial score (nSPS) is 18.5. The molecule has 92 valence electrons. The number of hydrogen-bond donors (Lipinski definition) is 2. The molecule has 5 nitrogen and oxygen atoms in total. The van der Waals surface area contributed by atoms with Crippen LogP contribution in [-0.2, 0) is 6.42 Å². The van der Waals surface area contributed by atoms with Gasteiger partial charge in [-0.2, -0.15) is 0 Å². The number of pyridine rings is 1. The van der Waals surface area contributed by atoms with E-state index in [0.717, 1.165) is 31.0 Å². The van der Waals surface area contributed by atoms with Crippen LogP contribution in [0, 0.1) is 0 Å². The summed E-state index contributed by atoms with van der Waals surface area (Å²) < 4.78 is 5.20. The SMILES string of the molecule is COc1ncccc1CCNC1=NCC(C)N1. The highest BCUT2D eigenvalue weighted by Gasteiger charge is 2.11. The molecule has 0 aliphatic carbocycles. The smallest absolute Gasteiger partial charge is 0.216 e. The lowest BCUT2D eigenvalue weighted by molar-refractivity contribution is 0.392. The predicted molar refractivity (Wildman–Crippen MR) is 67.4 cm³/mol. The zero-order valence-electron chi connectivity index (χ0n) is 10.2. The monoisotopic (exact) mass is 234 g/mol. The zero-order chi connectivity index (χ0) is 12.1. The van der Waals surface area contributed by atoms with Crippen LogP contribution < -0.4 is 15.4 Å². The molecule has 2 heterocycles. The Morgan fingerprint density at radius 3 is 3.18 bits per heavy atom. The van der Waals surface area contributed by atoms with Gasteiger partial charge in [0.15, 0.2) is 5.96 Å². The van der Waals surface area contributed by atoms with E-state index >= 15 is 0 Å². The van der Waals surface area contributed by atoms with Crippen molar-refractivity contribution in [1.29, 1.82) is 0 Å². The van der Waals surface area contributed by atoms with Crippen LogP contribution in [0.5, 0.6) is 5.88 Å². The predicted octanol–water partition coefficient (Wildman–Crippen LogP) is 0.570. The average molecular weight is 234 g/mol. The Morgan fingerprint density at radius 2 is 2.47 bits per heavy atom. The highest BCUT2D eigenvalue weighted by molar-refractivity contribution is 5.81. The summed E-state index contributed by atoms with van der Waals surface area (Å²) in [4.78, 5) is 8.50. The number of nitrogens with one attached hydrogen (secondary N) is 2. The lowest BCUT2D eigenvalue weighted by Gasteiger charge is -2.10. The minimum atomic E-state index is 0.436. The van der Waals surface area contributed by atoms with E-state index in [2.05, 4.69) is 27.5 Å². The Kier molecular flexibility index (Phi) is 3.80. The van der Waals surface area contributed by atoms with E-state index in [1.807, 2.05) is 12.1 Å². The van der Waals surface area contributed by atoms with E-state index in [9.17, 15) is 0 Å². The molecule has 0 saturated heterocycles. The lowest BCUT2D eigenvalue weighted by Crippen LogP contribution is -2.38. The summed E-state index contributed by atoms with van der Waals surface area (Å²) in [7, 11) is 1.64. The fourth-order valence-electron chi connectivity index (χ4n) is 1.77. The van der Waals surface area contributed by atoms with Crippen molar-refractivity contribution < 1.29 is 4.74 Å². The number of aliphatic imine (C=N–C) groups is 1. The Hall–Kier alpha value is -1.78. The van der Waals surface area contributed by atoms with Crippen molar-refractivity contribution in [2.75, 3.05) is 20.2 Å². The third-order valence-electron chi connectivity index (χ3n) is 2.64. The molecule has 1 unspecified atom stereocenters. The van der Waals surface area contributed by atoms with Gasteiger partial charge in [-0.3, -0.25) is 4.99 Å². The minimum absolute atomic E-state index is 0.436. The summed E-state index contributed by atoms with van der Waals surface area (Å²) in [6.45, 7) is 3.78. The van der Waals surface area contributed by atoms with E-state index < -0.39 is 0 Å². The van der Waals surface area contributed by atoms with Gasteiger partial charge in [0.05, 0.1) is 13.7 Å². The van der Waals surface area contributed by atoms with E-state index in [1.54, 1.807) is 13.3 Å². The van der Waals surface area contributed by atoms with Gasteiger partial charge < -0.3 is 15.4 Å². The Labute approximate surface area is 101 Å². The van der Waals surface area contributed by atoms with Crippen molar-refractivity contribution >= 4 is 5.96 Å². The van der Waals surface area contributed by atoms with Gasteiger partial charge in [0.2, 0.25) is 5.88 Å². The van der Waals surface area contributed by atoms with E-state index in [0.29, 0.717) is 11.9 Å². The van der Waals surface area contributed by atoms with Crippen LogP contribution in [0.25, 0.3) is 0 Å². The summed E-state index contributed by atoms with van der Waals surface area (Å²) in [6, 6.07) is 4.39. The standard InChI is InChI=1S/C12H18N4O/c1-9-8-15-12(16-9)14-7-5-10-4-3-6-13-11(10)17-2/h3-4,6,9H,5,7-8H2,1-2H3,(H2,14,15,16). The summed E-state index contributed by atoms with van der Waals surface area (Å²) >= 11 is 0. The molecule has 1 aliphatic heterocycles. The summed E-state index contributed by atoms with van der Waals surface area (Å²) in [5.41, 5.74) is 1.11. The molecule has 1 aromatic heterocycles. The summed E-state index contributed by atoms with van der Waals surface area (Å²) in [5, 5.41) is 6.53. The van der Waals surface area contributed by atoms with E-state index in [-0.39, 0.29) is 0 Å². The highest BCUT2D eigenvalue weighted by atomic mass is 16.5. The zero-order valence-corrected chi connectivity index (χ0v) is 10.2. The number of rotatable bonds is 4. The van der Waals surface area contributed by atoms with Crippen LogP contribution in [0.1, 0.15) is 12.5 Å². The maximum absolute atomic E-state index is 5.20. The molecular weight excluding hydrogens is 216 g/mol. The molecule has 2 rings (SSSR count). The number of nitrogens with zero attached hydrogens (tertiary/aromatic N) is 2. The summed E-state index contributed by atoms with van der Waals surface area (Å²) in [6.07, 6.45) is 2.60. The second-order valence-electron chi connectivity index (χ2n) is 4.08. The molecule has 0 bridgehead atoms. The van der Waals surface area contributed by atoms with Crippen molar-refractivity contribution in [3.8, 4) is 5.88 Å². The first-order valence-corrected chi connectivity index (χ1v) is 5.82. The largest absolute Gasteiger partial charge is 0.481 e. The molecular formula is C12H18N4O. The second-order valence-corrected chi connectivity index (χ2v) is 4.08. The molecule has 0 radical (unpaired) electrons. The van der Waals surface area contributed by atoms with Crippen molar-refractivity contribution in [2.45, 2.75) is 19.4 Å². The number of aromatic nitrogens is 1. The van der Waals surface area contributed by atoms with Gasteiger partial charge in [0.1, 0.15) is 0 Å². The van der Waals surface area contributed by atoms with Gasteiger partial charge in [-0.15, -0.1) is 0 Å². The van der Waals surface area contributed by atoms with Crippen LogP contribution in [-0.4, -0.2) is 37.2 Å². The maximum Gasteiger partial charge on any atom is 0.216 e. The van der Waals surface area contributed by atoms with Gasteiger partial charge in [0, 0.05) is 24.3 Å². The topological polar surface area (TPSA) is 58.5 Å². The van der Waals surface area contributed by atoms with Crippen molar-refractivity contribution in [3.63, 3.8) is 0 Å². The van der Waals surface area contributed by atoms with Gasteiger partial charge in [-0.25, -0.2) is 4.98 Å². The lowest BCUT2D eigenvalue weighted by atomic mass is 10.2. The molecule has 2 N–H and O–H groups in total. The summed E-state index contributed by atoms with van der Waals surface area (Å²) in [5.74, 6) is 1.59. The third kappa shape index (κ3) is 3.09. The van der Waals surface area contributed by atoms with E-state index in [4.69, 9.17) is 4.74 Å². The van der Waals surface area contributed by atoms with Gasteiger partial charge in [-0.05, 0) is 19.4 Å². The molecule has 17 heavy (non-hydrogen) atoms. The molecule has 0 saturated carbocycles. The fraction of sp³-hybridized carbons (Fsp3) is 0.500. The molecule has 1 atom stereocenters. The van der Waals surface area contributed by atoms with Crippen molar-refractivity contribution in [2.24, 2.45) is 4.99 Å². The van der Waals surface area contributed by atoms with Crippen LogP contribution in [0.3, 0.4) is 0 Å². The first-order valence-electron chi connectivity index (χ1n) is 5.82. The van der Waals surface area contributed by atoms with Crippen LogP contribution in [0.4, 0.5) is 0 Å². The maximum atomic E-state index is 5.20. The first kappa shape index (κ1) is 11.7. The molecule has 0 fully saturated rings. The van der Waals surface area contributed by atoms with Gasteiger partial charge in [-0.1, -0.05) is 6.07 Å². The van der Waals surface area contributed by atoms with Crippen LogP contribution >= 0.6 is 0 Å². The number of methoxy groups -OCH3 is 1. The number of hydrogen-bond acceptors (Lipinski definition) is 5. The molecule has 1 aliphatic rings. The molecule has 0 spiro atoms. The number of ether oxygens (including phenoxy) is 1. The molecule has 0 aromatic carbocycles. The van der Waals surface area contributed by atoms with Gasteiger partial charge >= 0.3 is 0 Å². The molecule has 5 heteroatoms. The number of guanidine groups is 1. The van der Waals surface area contributed by atoms with E-state index in [1.165, 1.54) is 0 Å². The fourth-order valence-corrected chi connectivity index (χ4v) is 1.77. The second kappa shape index (κ2) is 5.52. The Bertz CT molecular complexity index is 405. The van der Waals surface area contributed by atoms with Crippen LogP contribution in [0.15, 0.2) is 23.3 Å². The van der Waals surface area contributed by atoms with Crippen molar-refractivity contribution in [3.05, 3.63) is 23.9 Å². The first-order chi connectivity index (χ1) is 8.29. The molecule has 1 aromatic rings. The molecule has 0 amide bonds. The highest BCUT2D eigenvalue weighted by Crippen LogP contribution is 2.13. The third-order valence-corrected chi connectivity index (χ3v) is 2.64. The Balaban J connectivity index is 1.82. The quantitative estimate of drug-likeness (QED) is 0.799. The average Bonchev–Trinajstić information content (AvgIpc) is 2.76. The van der Waals surface area contributed by atoms with Gasteiger partial charge in [0.25, 0.3) is 0 Å². The minimum Gasteiger partial charge on any atom is -0.481 e. The van der Waals surface area contributed by atoms with Crippen LogP contribution in [0.2, 0.25) is 0 Å². The van der Waals surface area contributed by atoms with Crippen molar-refractivity contribution in [1.82, 2.24) is 15.6 Å².